The third kappa shape index (κ3) is 3.62. The van der Waals surface area contributed by atoms with E-state index in [1.807, 2.05) is 6.07 Å². The topological polar surface area (TPSA) is 37.8 Å². The SMILES string of the molecule is CCNC(Cc1ccc(F)cc1Br)c1snnc1CC. The molecule has 1 atom stereocenters. The molecule has 0 saturated carbocycles. The van der Waals surface area contributed by atoms with Gasteiger partial charge in [-0.05, 0) is 48.6 Å². The van der Waals surface area contributed by atoms with E-state index in [2.05, 4.69) is 44.7 Å². The molecule has 2 aromatic rings. The molecule has 20 heavy (non-hydrogen) atoms. The molecule has 6 heteroatoms. The third-order valence-electron chi connectivity index (χ3n) is 3.13. The van der Waals surface area contributed by atoms with Gasteiger partial charge in [0, 0.05) is 10.5 Å². The van der Waals surface area contributed by atoms with E-state index in [0.717, 1.165) is 35.1 Å². The molecule has 3 nitrogen and oxygen atoms in total. The van der Waals surface area contributed by atoms with Gasteiger partial charge in [0.15, 0.2) is 0 Å². The number of nitrogens with one attached hydrogen (secondary N) is 1. The van der Waals surface area contributed by atoms with Gasteiger partial charge in [-0.1, -0.05) is 40.3 Å². The number of benzene rings is 1. The molecule has 1 aromatic heterocycles. The molecule has 0 aliphatic heterocycles. The quantitative estimate of drug-likeness (QED) is 0.851. The number of rotatable bonds is 6. The first-order valence-corrected chi connectivity index (χ1v) is 8.20. The van der Waals surface area contributed by atoms with Crippen molar-refractivity contribution in [1.29, 1.82) is 0 Å². The van der Waals surface area contributed by atoms with Gasteiger partial charge in [-0.2, -0.15) is 0 Å². The summed E-state index contributed by atoms with van der Waals surface area (Å²) in [4.78, 5) is 1.17. The Morgan fingerprint density at radius 2 is 2.20 bits per heavy atom. The van der Waals surface area contributed by atoms with Crippen LogP contribution in [0.5, 0.6) is 0 Å². The van der Waals surface area contributed by atoms with Crippen molar-refractivity contribution in [2.45, 2.75) is 32.7 Å². The Morgan fingerprint density at radius 1 is 1.40 bits per heavy atom. The van der Waals surface area contributed by atoms with E-state index in [-0.39, 0.29) is 11.9 Å². The summed E-state index contributed by atoms with van der Waals surface area (Å²) in [5, 5.41) is 7.64. The molecular formula is C14H17BrFN3S. The second-order valence-corrected chi connectivity index (χ2v) is 6.13. The van der Waals surface area contributed by atoms with Crippen molar-refractivity contribution < 1.29 is 4.39 Å². The maximum atomic E-state index is 13.2. The summed E-state index contributed by atoms with van der Waals surface area (Å²) in [5.74, 6) is -0.227. The van der Waals surface area contributed by atoms with Crippen molar-refractivity contribution in [3.63, 3.8) is 0 Å². The number of aromatic nitrogens is 2. The van der Waals surface area contributed by atoms with Crippen LogP contribution in [0.2, 0.25) is 0 Å². The van der Waals surface area contributed by atoms with E-state index in [1.165, 1.54) is 28.5 Å². The molecule has 2 rings (SSSR count). The minimum absolute atomic E-state index is 0.164. The zero-order valence-corrected chi connectivity index (χ0v) is 13.9. The van der Waals surface area contributed by atoms with Crippen molar-refractivity contribution in [2.75, 3.05) is 6.54 Å². The normalized spacial score (nSPS) is 12.6. The summed E-state index contributed by atoms with van der Waals surface area (Å²) in [5.41, 5.74) is 2.12. The Labute approximate surface area is 130 Å². The van der Waals surface area contributed by atoms with Gasteiger partial charge in [0.05, 0.1) is 10.6 Å². The molecular weight excluding hydrogens is 341 g/mol. The summed E-state index contributed by atoms with van der Waals surface area (Å²) in [6, 6.07) is 4.99. The second kappa shape index (κ2) is 7.24. The van der Waals surface area contributed by atoms with E-state index < -0.39 is 0 Å². The number of hydrogen-bond donors (Lipinski definition) is 1. The van der Waals surface area contributed by atoms with Crippen molar-refractivity contribution in [3.05, 3.63) is 44.6 Å². The highest BCUT2D eigenvalue weighted by molar-refractivity contribution is 9.10. The molecule has 1 heterocycles. The molecule has 0 aliphatic rings. The van der Waals surface area contributed by atoms with Crippen molar-refractivity contribution in [2.24, 2.45) is 0 Å². The lowest BCUT2D eigenvalue weighted by Crippen LogP contribution is -2.23. The zero-order valence-electron chi connectivity index (χ0n) is 11.5. The molecule has 108 valence electrons. The monoisotopic (exact) mass is 357 g/mol. The highest BCUT2D eigenvalue weighted by Crippen LogP contribution is 2.28. The van der Waals surface area contributed by atoms with Crippen molar-refractivity contribution in [1.82, 2.24) is 14.9 Å². The average molecular weight is 358 g/mol. The lowest BCUT2D eigenvalue weighted by molar-refractivity contribution is 0.551. The minimum atomic E-state index is -0.227. The van der Waals surface area contributed by atoms with E-state index in [4.69, 9.17) is 0 Å². The average Bonchev–Trinajstić information content (AvgIpc) is 2.89. The summed E-state index contributed by atoms with van der Waals surface area (Å²) in [7, 11) is 0. The Morgan fingerprint density at radius 3 is 2.85 bits per heavy atom. The largest absolute Gasteiger partial charge is 0.309 e. The molecule has 0 aliphatic carbocycles. The molecule has 0 bridgehead atoms. The predicted octanol–water partition coefficient (Wildman–Crippen LogP) is 3.90. The van der Waals surface area contributed by atoms with E-state index >= 15 is 0 Å². The Balaban J connectivity index is 2.25. The first kappa shape index (κ1) is 15.5. The molecule has 0 spiro atoms. The highest BCUT2D eigenvalue weighted by atomic mass is 79.9. The molecule has 0 saturated heterocycles. The van der Waals surface area contributed by atoms with Crippen LogP contribution in [0.15, 0.2) is 22.7 Å². The predicted molar refractivity (Wildman–Crippen MR) is 83.5 cm³/mol. The fourth-order valence-electron chi connectivity index (χ4n) is 2.14. The molecule has 1 aromatic carbocycles. The first-order chi connectivity index (χ1) is 9.65. The standard InChI is InChI=1S/C14H17BrFN3S/c1-3-12-14(20-19-18-12)13(17-4-2)7-9-5-6-10(16)8-11(9)15/h5-6,8,13,17H,3-4,7H2,1-2H3. The third-order valence-corrected chi connectivity index (χ3v) is 4.74. The van der Waals surface area contributed by atoms with Crippen LogP contribution in [0.1, 0.15) is 36.0 Å². The van der Waals surface area contributed by atoms with E-state index in [0.29, 0.717) is 0 Å². The number of likely N-dealkylation sites (N-methyl/N-ethyl adjacent to an activating group) is 1. The van der Waals surface area contributed by atoms with Gasteiger partial charge in [-0.15, -0.1) is 5.10 Å². The zero-order chi connectivity index (χ0) is 14.5. The minimum Gasteiger partial charge on any atom is -0.309 e. The summed E-state index contributed by atoms with van der Waals surface area (Å²) < 4.78 is 18.0. The smallest absolute Gasteiger partial charge is 0.124 e. The summed E-state index contributed by atoms with van der Waals surface area (Å²) in [6.07, 6.45) is 1.66. The number of hydrogen-bond acceptors (Lipinski definition) is 4. The van der Waals surface area contributed by atoms with Gasteiger partial charge in [0.25, 0.3) is 0 Å². The lowest BCUT2D eigenvalue weighted by Gasteiger charge is -2.18. The van der Waals surface area contributed by atoms with Gasteiger partial charge in [0.2, 0.25) is 0 Å². The second-order valence-electron chi connectivity index (χ2n) is 4.49. The lowest BCUT2D eigenvalue weighted by atomic mass is 10.0. The number of aryl methyl sites for hydroxylation is 1. The molecule has 1 unspecified atom stereocenters. The van der Waals surface area contributed by atoms with Crippen LogP contribution >= 0.6 is 27.5 Å². The summed E-state index contributed by atoms with van der Waals surface area (Å²) in [6.45, 7) is 5.02. The van der Waals surface area contributed by atoms with E-state index in [9.17, 15) is 4.39 Å². The van der Waals surface area contributed by atoms with Crippen LogP contribution in [-0.2, 0) is 12.8 Å². The molecule has 0 amide bonds. The van der Waals surface area contributed by atoms with Crippen LogP contribution in [0.3, 0.4) is 0 Å². The fourth-order valence-corrected chi connectivity index (χ4v) is 3.46. The van der Waals surface area contributed by atoms with Crippen molar-refractivity contribution in [3.8, 4) is 0 Å². The molecule has 0 fully saturated rings. The van der Waals surface area contributed by atoms with Gasteiger partial charge in [-0.3, -0.25) is 0 Å². The summed E-state index contributed by atoms with van der Waals surface area (Å²) >= 11 is 4.87. The van der Waals surface area contributed by atoms with Crippen LogP contribution in [-0.4, -0.2) is 16.1 Å². The first-order valence-electron chi connectivity index (χ1n) is 6.64. The van der Waals surface area contributed by atoms with E-state index in [1.54, 1.807) is 0 Å². The van der Waals surface area contributed by atoms with Crippen LogP contribution in [0, 0.1) is 5.82 Å². The Bertz CT molecular complexity index is 573. The maximum absolute atomic E-state index is 13.2. The fraction of sp³-hybridized carbons (Fsp3) is 0.429. The van der Waals surface area contributed by atoms with Gasteiger partial charge >= 0.3 is 0 Å². The number of nitrogens with zero attached hydrogens (tertiary/aromatic N) is 2. The van der Waals surface area contributed by atoms with Gasteiger partial charge in [-0.25, -0.2) is 4.39 Å². The van der Waals surface area contributed by atoms with Crippen molar-refractivity contribution >= 4 is 27.5 Å². The van der Waals surface area contributed by atoms with Crippen LogP contribution in [0.25, 0.3) is 0 Å². The van der Waals surface area contributed by atoms with Gasteiger partial charge in [0.1, 0.15) is 5.82 Å². The van der Waals surface area contributed by atoms with Crippen LogP contribution < -0.4 is 5.32 Å². The molecule has 1 N–H and O–H groups in total. The van der Waals surface area contributed by atoms with Gasteiger partial charge < -0.3 is 5.32 Å². The Kier molecular flexibility index (Phi) is 5.63. The van der Waals surface area contributed by atoms with Crippen LogP contribution in [0.4, 0.5) is 4.39 Å². The Hall–Kier alpha value is -0.850. The highest BCUT2D eigenvalue weighted by Gasteiger charge is 2.19. The molecule has 0 radical (unpaired) electrons. The maximum Gasteiger partial charge on any atom is 0.124 e. The number of halogens is 2.